The second-order valence-corrected chi connectivity index (χ2v) is 3.22. The van der Waals surface area contributed by atoms with Gasteiger partial charge < -0.3 is 10.5 Å². The number of methoxy groups -OCH3 is 1. The average Bonchev–Trinajstić information content (AvgIpc) is 2.30. The number of anilines is 1. The topological polar surface area (TPSA) is 83.4 Å². The summed E-state index contributed by atoms with van der Waals surface area (Å²) in [6, 6.07) is 8.85. The Kier molecular flexibility index (Phi) is 4.24. The largest absolute Gasteiger partial charge is 0.497 e. The van der Waals surface area contributed by atoms with Crippen LogP contribution in [-0.2, 0) is 0 Å². The van der Waals surface area contributed by atoms with Crippen LogP contribution in [0, 0.1) is 11.3 Å². The summed E-state index contributed by atoms with van der Waals surface area (Å²) in [5, 5.41) is 12.4. The Bertz CT molecular complexity index is 447. The predicted octanol–water partition coefficient (Wildman–Crippen LogP) is 1.27. The highest BCUT2D eigenvalue weighted by molar-refractivity contribution is 7.82. The van der Waals surface area contributed by atoms with E-state index in [-0.39, 0.29) is 10.7 Å². The van der Waals surface area contributed by atoms with Crippen molar-refractivity contribution in [2.45, 2.75) is 0 Å². The molecule has 0 amide bonds. The van der Waals surface area contributed by atoms with Gasteiger partial charge >= 0.3 is 0 Å². The second kappa shape index (κ2) is 5.68. The Balaban J connectivity index is 2.74. The molecule has 0 aliphatic heterocycles. The van der Waals surface area contributed by atoms with Crippen LogP contribution in [0.1, 0.15) is 0 Å². The van der Waals surface area contributed by atoms with Crippen molar-refractivity contribution in [3.8, 4) is 11.8 Å². The highest BCUT2D eigenvalue weighted by Gasteiger charge is 2.00. The lowest BCUT2D eigenvalue weighted by molar-refractivity contribution is 0.415. The van der Waals surface area contributed by atoms with E-state index in [4.69, 9.17) is 15.7 Å². The van der Waals surface area contributed by atoms with E-state index >= 15 is 0 Å². The third kappa shape index (κ3) is 3.22. The third-order valence-corrected chi connectivity index (χ3v) is 1.92. The van der Waals surface area contributed by atoms with Gasteiger partial charge in [-0.15, -0.1) is 0 Å². The highest BCUT2D eigenvalue weighted by Crippen LogP contribution is 2.14. The molecule has 1 aromatic carbocycles. The number of nitrogens with two attached hydrogens (primary N) is 1. The lowest BCUT2D eigenvalue weighted by atomic mass is 10.3. The molecule has 0 fully saturated rings. The van der Waals surface area contributed by atoms with Crippen LogP contribution in [0.5, 0.6) is 5.75 Å². The number of nitriles is 1. The van der Waals surface area contributed by atoms with Crippen LogP contribution in [-0.4, -0.2) is 17.8 Å². The van der Waals surface area contributed by atoms with E-state index in [1.54, 1.807) is 37.4 Å². The number of nitrogens with zero attached hydrogens (tertiary/aromatic N) is 2. The van der Waals surface area contributed by atoms with Crippen LogP contribution >= 0.6 is 12.2 Å². The third-order valence-electron chi connectivity index (χ3n) is 1.73. The van der Waals surface area contributed by atoms with Gasteiger partial charge in [0, 0.05) is 0 Å². The van der Waals surface area contributed by atoms with Crippen molar-refractivity contribution in [2.75, 3.05) is 12.5 Å². The van der Waals surface area contributed by atoms with Crippen LogP contribution in [0.15, 0.2) is 29.4 Å². The van der Waals surface area contributed by atoms with E-state index < -0.39 is 0 Å². The van der Waals surface area contributed by atoms with E-state index in [2.05, 4.69) is 22.7 Å². The van der Waals surface area contributed by atoms with Crippen molar-refractivity contribution in [2.24, 2.45) is 10.8 Å². The zero-order valence-electron chi connectivity index (χ0n) is 8.60. The molecular weight excluding hydrogens is 224 g/mol. The number of hydrazone groups is 1. The molecule has 0 bridgehead atoms. The van der Waals surface area contributed by atoms with Crippen molar-refractivity contribution in [3.63, 3.8) is 0 Å². The minimum Gasteiger partial charge on any atom is -0.497 e. The fraction of sp³-hybridized carbons (Fsp3) is 0.100. The highest BCUT2D eigenvalue weighted by atomic mass is 32.1. The first-order chi connectivity index (χ1) is 7.67. The van der Waals surface area contributed by atoms with Gasteiger partial charge in [-0.05, 0) is 24.3 Å². The van der Waals surface area contributed by atoms with Gasteiger partial charge in [0.25, 0.3) is 0 Å². The summed E-state index contributed by atoms with van der Waals surface area (Å²) in [5.41, 5.74) is 8.65. The smallest absolute Gasteiger partial charge is 0.194 e. The summed E-state index contributed by atoms with van der Waals surface area (Å²) in [5.74, 6) is 0.740. The van der Waals surface area contributed by atoms with E-state index in [0.717, 1.165) is 5.75 Å². The molecule has 0 radical (unpaired) electrons. The lowest BCUT2D eigenvalue weighted by Crippen LogP contribution is -2.20. The number of thiocarbonyl (C=S) groups is 1. The molecular formula is C10H10N4OS. The van der Waals surface area contributed by atoms with Gasteiger partial charge in [0.15, 0.2) is 5.71 Å². The summed E-state index contributed by atoms with van der Waals surface area (Å²) in [6.07, 6.45) is 0. The molecule has 16 heavy (non-hydrogen) atoms. The first-order valence-corrected chi connectivity index (χ1v) is 4.76. The van der Waals surface area contributed by atoms with Crippen LogP contribution < -0.4 is 15.9 Å². The number of hydrogen-bond donors (Lipinski definition) is 2. The Hall–Kier alpha value is -2.13. The summed E-state index contributed by atoms with van der Waals surface area (Å²) in [4.78, 5) is -0.0384. The molecule has 0 spiro atoms. The lowest BCUT2D eigenvalue weighted by Gasteiger charge is -2.02. The molecule has 0 aromatic heterocycles. The minimum atomic E-state index is -0.0384. The zero-order valence-corrected chi connectivity index (χ0v) is 9.41. The van der Waals surface area contributed by atoms with Gasteiger partial charge in [-0.3, -0.25) is 5.43 Å². The van der Waals surface area contributed by atoms with Gasteiger partial charge in [0.05, 0.1) is 12.8 Å². The second-order valence-electron chi connectivity index (χ2n) is 2.78. The van der Waals surface area contributed by atoms with E-state index in [1.807, 2.05) is 0 Å². The Morgan fingerprint density at radius 3 is 2.56 bits per heavy atom. The maximum Gasteiger partial charge on any atom is 0.194 e. The van der Waals surface area contributed by atoms with Gasteiger partial charge in [-0.2, -0.15) is 10.4 Å². The van der Waals surface area contributed by atoms with Gasteiger partial charge in [0.2, 0.25) is 0 Å². The van der Waals surface area contributed by atoms with Crippen LogP contribution in [0.25, 0.3) is 0 Å². The number of rotatable bonds is 4. The maximum absolute atomic E-state index is 8.65. The molecule has 0 atom stereocenters. The fourth-order valence-electron chi connectivity index (χ4n) is 0.921. The molecule has 0 saturated carbocycles. The van der Waals surface area contributed by atoms with Gasteiger partial charge in [-0.1, -0.05) is 12.2 Å². The molecule has 0 aliphatic rings. The molecule has 0 saturated heterocycles. The van der Waals surface area contributed by atoms with Crippen molar-refractivity contribution < 1.29 is 4.74 Å². The molecule has 0 unspecified atom stereocenters. The maximum atomic E-state index is 8.65. The Morgan fingerprint density at radius 2 is 2.12 bits per heavy atom. The molecule has 3 N–H and O–H groups in total. The van der Waals surface area contributed by atoms with Crippen molar-refractivity contribution in [3.05, 3.63) is 24.3 Å². The number of nitrogens with one attached hydrogen (secondary N) is 1. The molecule has 82 valence electrons. The van der Waals surface area contributed by atoms with E-state index in [9.17, 15) is 0 Å². The molecule has 1 aromatic rings. The van der Waals surface area contributed by atoms with Crippen LogP contribution in [0.2, 0.25) is 0 Å². The van der Waals surface area contributed by atoms with Crippen molar-refractivity contribution in [1.29, 1.82) is 5.26 Å². The molecule has 1 rings (SSSR count). The standard InChI is InChI=1S/C10H10N4OS/c1-15-8-4-2-7(3-5-8)13-14-9(6-11)10(12)16/h2-5,13H,1H3,(H2,12,16). The van der Waals surface area contributed by atoms with Crippen LogP contribution in [0.3, 0.4) is 0 Å². The first-order valence-electron chi connectivity index (χ1n) is 4.35. The summed E-state index contributed by atoms with van der Waals surface area (Å²) in [6.45, 7) is 0. The summed E-state index contributed by atoms with van der Waals surface area (Å²) < 4.78 is 5.00. The van der Waals surface area contributed by atoms with E-state index in [1.165, 1.54) is 0 Å². The van der Waals surface area contributed by atoms with Crippen molar-refractivity contribution in [1.82, 2.24) is 0 Å². The molecule has 0 heterocycles. The number of benzene rings is 1. The predicted molar refractivity (Wildman–Crippen MR) is 66.5 cm³/mol. The molecule has 5 nitrogen and oxygen atoms in total. The minimum absolute atomic E-state index is 0.00850. The average molecular weight is 234 g/mol. The molecule has 6 heteroatoms. The van der Waals surface area contributed by atoms with E-state index in [0.29, 0.717) is 5.69 Å². The normalized spacial score (nSPS) is 10.4. The summed E-state index contributed by atoms with van der Waals surface area (Å²) >= 11 is 4.64. The number of ether oxygens (including phenoxy) is 1. The molecule has 0 aliphatic carbocycles. The number of hydrogen-bond acceptors (Lipinski definition) is 5. The van der Waals surface area contributed by atoms with Gasteiger partial charge in [0.1, 0.15) is 16.8 Å². The van der Waals surface area contributed by atoms with Crippen LogP contribution in [0.4, 0.5) is 5.69 Å². The quantitative estimate of drug-likeness (QED) is 0.465. The SMILES string of the molecule is COc1ccc(NN=C(C#N)C(N)=S)cc1. The Morgan fingerprint density at radius 1 is 1.50 bits per heavy atom. The van der Waals surface area contributed by atoms with Gasteiger partial charge in [-0.25, -0.2) is 0 Å². The zero-order chi connectivity index (χ0) is 12.0. The monoisotopic (exact) mass is 234 g/mol. The Labute approximate surface area is 98.5 Å². The first kappa shape index (κ1) is 11.9. The summed E-state index contributed by atoms with van der Waals surface area (Å²) in [7, 11) is 1.58. The fourth-order valence-corrected chi connectivity index (χ4v) is 1.01. The van der Waals surface area contributed by atoms with Crippen molar-refractivity contribution >= 4 is 28.6 Å².